The third kappa shape index (κ3) is 2.09. The molecule has 1 aliphatic rings. The molecule has 0 amide bonds. The van der Waals surface area contributed by atoms with E-state index in [1.54, 1.807) is 0 Å². The van der Waals surface area contributed by atoms with E-state index in [0.717, 1.165) is 12.0 Å². The van der Waals surface area contributed by atoms with Crippen LogP contribution in [0, 0.1) is 0 Å². The first-order valence-electron chi connectivity index (χ1n) is 5.24. The van der Waals surface area contributed by atoms with Crippen LogP contribution >= 0.6 is 0 Å². The molecule has 0 saturated carbocycles. The quantitative estimate of drug-likeness (QED) is 0.737. The highest BCUT2D eigenvalue weighted by atomic mass is 16.5. The normalized spacial score (nSPS) is 20.1. The van der Waals surface area contributed by atoms with Gasteiger partial charge in [0.15, 0.2) is 5.78 Å². The molecule has 0 spiro atoms. The van der Waals surface area contributed by atoms with Crippen molar-refractivity contribution in [2.75, 3.05) is 0 Å². The Labute approximate surface area is 89.6 Å². The largest absolute Gasteiger partial charge is 0.493 e. The summed E-state index contributed by atoms with van der Waals surface area (Å²) in [6.45, 7) is 2.11. The number of ether oxygens (including phenoxy) is 1. The predicted molar refractivity (Wildman–Crippen MR) is 58.4 cm³/mol. The molecule has 15 heavy (non-hydrogen) atoms. The molecular formula is C13H14O2. The summed E-state index contributed by atoms with van der Waals surface area (Å²) in [5.41, 5.74) is 2.39. The number of carbonyl (C=O) groups is 1. The van der Waals surface area contributed by atoms with Crippen LogP contribution in [-0.4, -0.2) is 5.78 Å². The van der Waals surface area contributed by atoms with Gasteiger partial charge in [-0.25, -0.2) is 0 Å². The molecule has 0 fully saturated rings. The number of carbonyl (C=O) groups excluding carboxylic acids is 1. The number of benzene rings is 1. The van der Waals surface area contributed by atoms with Crippen molar-refractivity contribution >= 4 is 5.78 Å². The minimum Gasteiger partial charge on any atom is -0.493 e. The summed E-state index contributed by atoms with van der Waals surface area (Å²) in [7, 11) is 0. The van der Waals surface area contributed by atoms with E-state index in [9.17, 15) is 4.79 Å². The van der Waals surface area contributed by atoms with Gasteiger partial charge in [0.25, 0.3) is 0 Å². The van der Waals surface area contributed by atoms with Gasteiger partial charge in [0.1, 0.15) is 6.10 Å². The highest BCUT2D eigenvalue weighted by Crippen LogP contribution is 2.27. The Morgan fingerprint density at radius 2 is 2.20 bits per heavy atom. The highest BCUT2D eigenvalue weighted by molar-refractivity contribution is 5.90. The third-order valence-electron chi connectivity index (χ3n) is 2.67. The molecule has 0 radical (unpaired) electrons. The first kappa shape index (κ1) is 9.97. The van der Waals surface area contributed by atoms with Crippen LogP contribution in [0.25, 0.3) is 0 Å². The van der Waals surface area contributed by atoms with Crippen molar-refractivity contribution in [1.82, 2.24) is 0 Å². The standard InChI is InChI=1S/C13H14O2/c1-2-10-5-3-4-6-12(10)13-9-11(14)7-8-15-13/h3-8,13H,2,9H2,1H3. The van der Waals surface area contributed by atoms with Crippen LogP contribution in [0.3, 0.4) is 0 Å². The van der Waals surface area contributed by atoms with Crippen LogP contribution in [0.15, 0.2) is 36.6 Å². The minimum atomic E-state index is -0.0985. The molecule has 78 valence electrons. The van der Waals surface area contributed by atoms with Gasteiger partial charge < -0.3 is 4.74 Å². The molecule has 1 aliphatic heterocycles. The summed E-state index contributed by atoms with van der Waals surface area (Å²) < 4.78 is 5.48. The summed E-state index contributed by atoms with van der Waals surface area (Å²) in [6, 6.07) is 8.13. The molecule has 1 unspecified atom stereocenters. The smallest absolute Gasteiger partial charge is 0.162 e. The van der Waals surface area contributed by atoms with Crippen LogP contribution in [0.4, 0.5) is 0 Å². The van der Waals surface area contributed by atoms with Crippen molar-refractivity contribution in [3.8, 4) is 0 Å². The lowest BCUT2D eigenvalue weighted by molar-refractivity contribution is -0.118. The number of ketones is 1. The summed E-state index contributed by atoms with van der Waals surface area (Å²) in [6.07, 6.45) is 4.31. The number of allylic oxidation sites excluding steroid dienone is 1. The van der Waals surface area contributed by atoms with Crippen molar-refractivity contribution in [3.63, 3.8) is 0 Å². The Morgan fingerprint density at radius 3 is 2.93 bits per heavy atom. The van der Waals surface area contributed by atoms with Gasteiger partial charge in [-0.1, -0.05) is 31.2 Å². The molecule has 0 N–H and O–H groups in total. The Balaban J connectivity index is 2.29. The van der Waals surface area contributed by atoms with Crippen LogP contribution in [0.1, 0.15) is 30.6 Å². The third-order valence-corrected chi connectivity index (χ3v) is 2.67. The molecule has 1 aromatic carbocycles. The van der Waals surface area contributed by atoms with Crippen LogP contribution in [0.2, 0.25) is 0 Å². The number of hydrogen-bond donors (Lipinski definition) is 0. The van der Waals surface area contributed by atoms with E-state index in [1.165, 1.54) is 17.9 Å². The molecule has 0 aromatic heterocycles. The molecule has 2 heteroatoms. The zero-order valence-corrected chi connectivity index (χ0v) is 8.77. The van der Waals surface area contributed by atoms with Gasteiger partial charge in [-0.15, -0.1) is 0 Å². The van der Waals surface area contributed by atoms with Crippen molar-refractivity contribution in [2.24, 2.45) is 0 Å². The van der Waals surface area contributed by atoms with E-state index in [-0.39, 0.29) is 11.9 Å². The summed E-state index contributed by atoms with van der Waals surface area (Å²) >= 11 is 0. The summed E-state index contributed by atoms with van der Waals surface area (Å²) in [5.74, 6) is 0.136. The van der Waals surface area contributed by atoms with E-state index < -0.39 is 0 Å². The number of aryl methyl sites for hydroxylation is 1. The van der Waals surface area contributed by atoms with Gasteiger partial charge in [0.2, 0.25) is 0 Å². The average molecular weight is 202 g/mol. The lowest BCUT2D eigenvalue weighted by atomic mass is 9.96. The van der Waals surface area contributed by atoms with Crippen LogP contribution in [0.5, 0.6) is 0 Å². The molecule has 2 nitrogen and oxygen atoms in total. The number of hydrogen-bond acceptors (Lipinski definition) is 2. The molecule has 1 aromatic rings. The Hall–Kier alpha value is -1.57. The lowest BCUT2D eigenvalue weighted by Crippen LogP contribution is -2.12. The molecule has 0 bridgehead atoms. The monoisotopic (exact) mass is 202 g/mol. The maximum absolute atomic E-state index is 11.3. The average Bonchev–Trinajstić information content (AvgIpc) is 2.29. The molecule has 0 saturated heterocycles. The molecular weight excluding hydrogens is 188 g/mol. The summed E-state index contributed by atoms with van der Waals surface area (Å²) in [4.78, 5) is 11.3. The van der Waals surface area contributed by atoms with Crippen molar-refractivity contribution in [1.29, 1.82) is 0 Å². The molecule has 2 rings (SSSR count). The zero-order valence-electron chi connectivity index (χ0n) is 8.77. The fourth-order valence-electron chi connectivity index (χ4n) is 1.86. The lowest BCUT2D eigenvalue weighted by Gasteiger charge is -2.21. The van der Waals surface area contributed by atoms with Gasteiger partial charge in [-0.05, 0) is 17.5 Å². The molecule has 1 heterocycles. The SMILES string of the molecule is CCc1ccccc1C1CC(=O)C=CO1. The Morgan fingerprint density at radius 1 is 1.40 bits per heavy atom. The van der Waals surface area contributed by atoms with Gasteiger partial charge in [-0.3, -0.25) is 4.79 Å². The molecule has 1 atom stereocenters. The second-order valence-electron chi connectivity index (χ2n) is 3.65. The van der Waals surface area contributed by atoms with E-state index >= 15 is 0 Å². The zero-order chi connectivity index (χ0) is 10.7. The van der Waals surface area contributed by atoms with Gasteiger partial charge in [-0.2, -0.15) is 0 Å². The number of rotatable bonds is 2. The first-order valence-corrected chi connectivity index (χ1v) is 5.24. The first-order chi connectivity index (χ1) is 7.31. The van der Waals surface area contributed by atoms with Gasteiger partial charge in [0, 0.05) is 6.08 Å². The van der Waals surface area contributed by atoms with E-state index in [0.29, 0.717) is 6.42 Å². The van der Waals surface area contributed by atoms with Crippen molar-refractivity contribution in [3.05, 3.63) is 47.7 Å². The Bertz CT molecular complexity index is 393. The van der Waals surface area contributed by atoms with Crippen LogP contribution in [-0.2, 0) is 16.0 Å². The predicted octanol–water partition coefficient (Wildman–Crippen LogP) is 2.79. The van der Waals surface area contributed by atoms with E-state index in [1.807, 2.05) is 18.2 Å². The summed E-state index contributed by atoms with van der Waals surface area (Å²) in [5, 5.41) is 0. The van der Waals surface area contributed by atoms with Crippen molar-refractivity contribution in [2.45, 2.75) is 25.9 Å². The maximum atomic E-state index is 11.3. The highest BCUT2D eigenvalue weighted by Gasteiger charge is 2.20. The minimum absolute atomic E-state index is 0.0985. The van der Waals surface area contributed by atoms with Gasteiger partial charge in [0.05, 0.1) is 12.7 Å². The molecule has 0 aliphatic carbocycles. The fourth-order valence-corrected chi connectivity index (χ4v) is 1.86. The van der Waals surface area contributed by atoms with Gasteiger partial charge >= 0.3 is 0 Å². The van der Waals surface area contributed by atoms with Crippen LogP contribution < -0.4 is 0 Å². The topological polar surface area (TPSA) is 26.3 Å². The van der Waals surface area contributed by atoms with E-state index in [4.69, 9.17) is 4.74 Å². The fraction of sp³-hybridized carbons (Fsp3) is 0.308. The maximum Gasteiger partial charge on any atom is 0.162 e. The van der Waals surface area contributed by atoms with Crippen molar-refractivity contribution < 1.29 is 9.53 Å². The van der Waals surface area contributed by atoms with E-state index in [2.05, 4.69) is 13.0 Å². The second kappa shape index (κ2) is 4.30. The second-order valence-corrected chi connectivity index (χ2v) is 3.65. The Kier molecular flexibility index (Phi) is 2.86.